The smallest absolute Gasteiger partial charge is 0.230 e. The first-order chi connectivity index (χ1) is 19.6. The predicted molar refractivity (Wildman–Crippen MR) is 113 cm³/mol. The molecular weight excluding hydrogens is 372 g/mol. The van der Waals surface area contributed by atoms with Crippen LogP contribution in [0, 0.1) is 0 Å². The lowest BCUT2D eigenvalue weighted by Gasteiger charge is -2.12. The van der Waals surface area contributed by atoms with Gasteiger partial charge in [-0.15, -0.1) is 11.3 Å². The summed E-state index contributed by atoms with van der Waals surface area (Å²) in [5.41, 5.74) is 2.94. The Balaban J connectivity index is 1.93. The van der Waals surface area contributed by atoms with Crippen LogP contribution < -0.4 is 16.4 Å². The molecule has 1 amide bonds. The van der Waals surface area contributed by atoms with Gasteiger partial charge in [-0.3, -0.25) is 4.79 Å². The number of anilines is 2. The van der Waals surface area contributed by atoms with Gasteiger partial charge in [-0.05, 0) is 36.1 Å². The highest BCUT2D eigenvalue weighted by Crippen LogP contribution is 2.14. The molecule has 0 saturated carbocycles. The topological polar surface area (TPSA) is 100 Å². The van der Waals surface area contributed by atoms with E-state index in [1.807, 2.05) is 5.32 Å². The van der Waals surface area contributed by atoms with Crippen molar-refractivity contribution < 1.29 is 30.5 Å². The number of carbonyl (C=O) groups excluding carboxylic acids is 1. The standard InChI is InChI=1S/C21H24N4O2S/c22-21-25-18(14-28-21)12-20(27)24-17-8-6-15(7-9-17)10-11-23-13-19(26)16-4-2-1-3-5-16/h1-9,14,19,23,26H,10-13H2,(H2,22,25)(H,24,27)/t19-/m0/s1/i1D,2D,3D,4D,5D,6D,7D,8D,9D,10D2,13D2,14D,19D. The number of benzene rings is 2. The third-order valence-electron chi connectivity index (χ3n) is 3.03. The first kappa shape index (κ1) is 8.32. The fourth-order valence-corrected chi connectivity index (χ4v) is 2.35. The Morgan fingerprint density at radius 1 is 1.29 bits per heavy atom. The van der Waals surface area contributed by atoms with E-state index < -0.39 is 109 Å². The van der Waals surface area contributed by atoms with Crippen molar-refractivity contribution in [1.29, 1.82) is 0 Å². The molecule has 1 atom stereocenters. The fourth-order valence-electron chi connectivity index (χ4n) is 1.86. The minimum Gasteiger partial charge on any atom is -0.387 e. The summed E-state index contributed by atoms with van der Waals surface area (Å²) in [7, 11) is 0. The molecule has 5 N–H and O–H groups in total. The van der Waals surface area contributed by atoms with Crippen LogP contribution >= 0.6 is 11.3 Å². The van der Waals surface area contributed by atoms with Crippen molar-refractivity contribution in [3.63, 3.8) is 0 Å². The normalized spacial score (nSPS) is 21.7. The van der Waals surface area contributed by atoms with E-state index in [1.54, 1.807) is 0 Å². The van der Waals surface area contributed by atoms with Gasteiger partial charge in [-0.1, -0.05) is 42.3 Å². The molecule has 0 aliphatic rings. The molecule has 0 unspecified atom stereocenters. The Hall–Kier alpha value is -2.74. The second-order valence-electron chi connectivity index (χ2n) is 5.08. The number of aliphatic hydroxyl groups is 1. The average molecular weight is 412 g/mol. The first-order valence-electron chi connectivity index (χ1n) is 15.2. The van der Waals surface area contributed by atoms with Crippen LogP contribution in [0.4, 0.5) is 10.8 Å². The molecule has 0 saturated heterocycles. The number of nitrogens with zero attached hydrogens (tertiary/aromatic N) is 1. The Bertz CT molecular complexity index is 1550. The van der Waals surface area contributed by atoms with Gasteiger partial charge in [-0.2, -0.15) is 0 Å². The second kappa shape index (κ2) is 9.98. The minimum atomic E-state index is -3.57. The summed E-state index contributed by atoms with van der Waals surface area (Å²) in [6, 6.07) is -8.44. The molecule has 0 aliphatic carbocycles. The van der Waals surface area contributed by atoms with Crippen molar-refractivity contribution in [1.82, 2.24) is 10.3 Å². The molecule has 28 heavy (non-hydrogen) atoms. The average Bonchev–Trinajstić information content (AvgIpc) is 3.22. The third kappa shape index (κ3) is 6.16. The van der Waals surface area contributed by atoms with E-state index in [4.69, 9.17) is 26.3 Å². The maximum atomic E-state index is 12.5. The molecule has 0 spiro atoms. The van der Waals surface area contributed by atoms with Crippen molar-refractivity contribution in [3.05, 3.63) is 76.6 Å². The number of nitrogen functional groups attached to an aromatic ring is 1. The number of hydrogen-bond acceptors (Lipinski definition) is 6. The molecule has 1 aromatic heterocycles. The molecule has 0 fully saturated rings. The van der Waals surface area contributed by atoms with Crippen molar-refractivity contribution in [2.75, 3.05) is 24.1 Å². The number of nitrogens with two attached hydrogens (primary N) is 1. The number of nitrogens with one attached hydrogen (secondary N) is 2. The molecule has 0 bridgehead atoms. The van der Waals surface area contributed by atoms with Crippen LogP contribution in [-0.4, -0.2) is 29.0 Å². The molecule has 7 heteroatoms. The highest BCUT2D eigenvalue weighted by atomic mass is 32.1. The zero-order valence-electron chi connectivity index (χ0n) is 29.2. The van der Waals surface area contributed by atoms with E-state index in [0.717, 1.165) is 11.3 Å². The van der Waals surface area contributed by atoms with E-state index in [0.29, 0.717) is 0 Å². The van der Waals surface area contributed by atoms with E-state index in [1.165, 1.54) is 0 Å². The van der Waals surface area contributed by atoms with Gasteiger partial charge in [-0.25, -0.2) is 4.98 Å². The largest absolute Gasteiger partial charge is 0.387 e. The van der Waals surface area contributed by atoms with Gasteiger partial charge in [0.2, 0.25) is 5.91 Å². The Kier molecular flexibility index (Phi) is 2.97. The van der Waals surface area contributed by atoms with E-state index in [2.05, 4.69) is 10.3 Å². The summed E-state index contributed by atoms with van der Waals surface area (Å²) in [4.78, 5) is 16.3. The van der Waals surface area contributed by atoms with Crippen molar-refractivity contribution in [2.24, 2.45) is 0 Å². The molecule has 146 valence electrons. The molecule has 0 radical (unpaired) electrons. The number of thiazole rings is 1. The lowest BCUT2D eigenvalue weighted by Crippen LogP contribution is -2.23. The van der Waals surface area contributed by atoms with Crippen LogP contribution in [0.1, 0.15) is 43.5 Å². The van der Waals surface area contributed by atoms with Gasteiger partial charge in [0.15, 0.2) is 5.13 Å². The first-order valence-corrected chi connectivity index (χ1v) is 8.55. The molecule has 3 aromatic rings. The lowest BCUT2D eigenvalue weighted by atomic mass is 10.1. The molecule has 1 heterocycles. The van der Waals surface area contributed by atoms with Gasteiger partial charge in [0.05, 0.1) is 33.3 Å². The van der Waals surface area contributed by atoms with Crippen LogP contribution in [0.3, 0.4) is 0 Å². The Morgan fingerprint density at radius 3 is 2.71 bits per heavy atom. The predicted octanol–water partition coefficient (Wildman–Crippen LogP) is 2.77. The summed E-state index contributed by atoms with van der Waals surface area (Å²) in [6.07, 6.45) is -6.96. The number of hydrogen-bond donors (Lipinski definition) is 4. The molecule has 6 nitrogen and oxygen atoms in total. The highest BCUT2D eigenvalue weighted by Gasteiger charge is 2.08. The molecular formula is C21H24N4O2S. The van der Waals surface area contributed by atoms with E-state index >= 15 is 0 Å². The van der Waals surface area contributed by atoms with Crippen LogP contribution in [0.25, 0.3) is 0 Å². The van der Waals surface area contributed by atoms with E-state index in [-0.39, 0.29) is 16.2 Å². The SMILES string of the molecule is [2H]c1sc(N)nc1CC(=O)Nc1c([2H])c([2H])c(C([2H])([2H])CNC([2H])([2H])[C@]([2H])(O)c2c([2H])c([2H])c([2H])c([2H])c2[2H])c([2H])c1[2H]. The zero-order chi connectivity index (χ0) is 33.0. The minimum absolute atomic E-state index is 0.0153. The van der Waals surface area contributed by atoms with Gasteiger partial charge >= 0.3 is 0 Å². The lowest BCUT2D eigenvalue weighted by molar-refractivity contribution is -0.115. The maximum absolute atomic E-state index is 12.5. The number of carbonyl (C=O) groups is 1. The number of amides is 1. The second-order valence-corrected chi connectivity index (χ2v) is 5.91. The van der Waals surface area contributed by atoms with Gasteiger partial charge in [0.25, 0.3) is 0 Å². The fraction of sp³-hybridized carbons (Fsp3) is 0.238. The van der Waals surface area contributed by atoms with Crippen molar-refractivity contribution in [2.45, 2.75) is 18.9 Å². The Morgan fingerprint density at radius 2 is 2.04 bits per heavy atom. The maximum Gasteiger partial charge on any atom is 0.230 e. The van der Waals surface area contributed by atoms with Crippen LogP contribution in [0.15, 0.2) is 59.7 Å². The number of rotatable bonds is 9. The van der Waals surface area contributed by atoms with E-state index in [9.17, 15) is 9.90 Å². The van der Waals surface area contributed by atoms with Crippen molar-refractivity contribution >= 4 is 28.1 Å². The number of aromatic nitrogens is 1. The van der Waals surface area contributed by atoms with Gasteiger partial charge < -0.3 is 21.5 Å². The Labute approximate surface area is 189 Å². The van der Waals surface area contributed by atoms with Gasteiger partial charge in [0, 0.05) is 23.0 Å². The van der Waals surface area contributed by atoms with Crippen LogP contribution in [-0.2, 0) is 17.6 Å². The summed E-state index contributed by atoms with van der Waals surface area (Å²) in [6.45, 7) is -4.57. The molecule has 2 aromatic carbocycles. The molecule has 3 rings (SSSR count). The monoisotopic (exact) mass is 411 g/mol. The third-order valence-corrected chi connectivity index (χ3v) is 3.67. The quantitative estimate of drug-likeness (QED) is 0.434. The summed E-state index contributed by atoms with van der Waals surface area (Å²) >= 11 is 0.818. The van der Waals surface area contributed by atoms with Crippen LogP contribution in [0.2, 0.25) is 0 Å². The van der Waals surface area contributed by atoms with Gasteiger partial charge in [0.1, 0.15) is 0 Å². The van der Waals surface area contributed by atoms with Crippen molar-refractivity contribution in [3.8, 4) is 0 Å². The summed E-state index contributed by atoms with van der Waals surface area (Å²) in [5, 5.41) is 14.8. The molecule has 0 aliphatic heterocycles. The highest BCUT2D eigenvalue weighted by molar-refractivity contribution is 7.13. The summed E-state index contributed by atoms with van der Waals surface area (Å²) in [5.74, 6) is -0.854. The van der Waals surface area contributed by atoms with Crippen LogP contribution in [0.5, 0.6) is 0 Å². The zero-order valence-corrected chi connectivity index (χ0v) is 15.0. The summed E-state index contributed by atoms with van der Waals surface area (Å²) < 4.78 is 121.